The second-order valence-electron chi connectivity index (χ2n) is 9.53. The van der Waals surface area contributed by atoms with Crippen molar-refractivity contribution in [3.05, 3.63) is 83.1 Å². The molecule has 0 bridgehead atoms. The van der Waals surface area contributed by atoms with E-state index in [0.717, 1.165) is 29.5 Å². The first-order valence-electron chi connectivity index (χ1n) is 12.1. The molecular formula is C26H25BF2N4O5S. The summed E-state index contributed by atoms with van der Waals surface area (Å²) in [5.41, 5.74) is 2.54. The number of amides is 1. The number of nitrogens with zero attached hydrogens (tertiary/aromatic N) is 3. The first-order valence-corrected chi connectivity index (χ1v) is 14.0. The largest absolute Gasteiger partial charge is 0.491 e. The molecule has 5 rings (SSSR count). The Hall–Kier alpha value is -3.81. The van der Waals surface area contributed by atoms with Crippen molar-refractivity contribution in [2.24, 2.45) is 0 Å². The standard InChI is InChI=1S/C26H25BF2N4O5S/c1-30-26(34)24-22-12-19(16-4-5-16)23(14-32(22)31-25(24)17-6-8-18(28)9-7-17)33(39(2,37)38)13-15-3-10-20(27(35)36)21(29)11-15/h3,6-12,14,16,35-36H,4-5,13H2,1-2H3,(H,30,34). The lowest BCUT2D eigenvalue weighted by atomic mass is 9.79. The van der Waals surface area contributed by atoms with Crippen molar-refractivity contribution in [3.63, 3.8) is 0 Å². The molecule has 39 heavy (non-hydrogen) atoms. The number of rotatable bonds is 8. The molecule has 4 aromatic rings. The maximum atomic E-state index is 14.5. The maximum Gasteiger partial charge on any atom is 0.491 e. The predicted octanol–water partition coefficient (Wildman–Crippen LogP) is 2.16. The van der Waals surface area contributed by atoms with E-state index >= 15 is 0 Å². The molecule has 1 saturated carbocycles. The Kier molecular flexibility index (Phi) is 6.91. The number of fused-ring (bicyclic) bond motifs is 1. The number of benzene rings is 2. The topological polar surface area (TPSA) is 124 Å². The van der Waals surface area contributed by atoms with E-state index in [0.29, 0.717) is 33.6 Å². The van der Waals surface area contributed by atoms with Gasteiger partial charge in [-0.15, -0.1) is 0 Å². The normalized spacial score (nSPS) is 13.5. The number of carbonyl (C=O) groups excluding carboxylic acids is 1. The molecule has 2 aromatic carbocycles. The molecule has 0 saturated heterocycles. The Morgan fingerprint density at radius 2 is 1.85 bits per heavy atom. The number of hydrogen-bond acceptors (Lipinski definition) is 6. The summed E-state index contributed by atoms with van der Waals surface area (Å²) in [5.74, 6) is -1.66. The van der Waals surface area contributed by atoms with E-state index < -0.39 is 34.7 Å². The summed E-state index contributed by atoms with van der Waals surface area (Å²) < 4.78 is 56.7. The minimum absolute atomic E-state index is 0.0552. The van der Waals surface area contributed by atoms with Gasteiger partial charge in [-0.05, 0) is 66.3 Å². The van der Waals surface area contributed by atoms with Crippen molar-refractivity contribution in [2.45, 2.75) is 25.3 Å². The molecule has 9 nitrogen and oxygen atoms in total. The summed E-state index contributed by atoms with van der Waals surface area (Å²) in [6.07, 6.45) is 4.23. The summed E-state index contributed by atoms with van der Waals surface area (Å²) in [6.45, 7) is -0.225. The van der Waals surface area contributed by atoms with Gasteiger partial charge < -0.3 is 15.4 Å². The molecule has 0 spiro atoms. The molecule has 1 aliphatic rings. The third kappa shape index (κ3) is 5.25. The van der Waals surface area contributed by atoms with E-state index in [4.69, 9.17) is 0 Å². The monoisotopic (exact) mass is 554 g/mol. The van der Waals surface area contributed by atoms with Gasteiger partial charge in [-0.2, -0.15) is 5.10 Å². The molecule has 3 N–H and O–H groups in total. The molecule has 13 heteroatoms. The minimum atomic E-state index is -3.88. The van der Waals surface area contributed by atoms with Gasteiger partial charge in [-0.3, -0.25) is 9.10 Å². The van der Waals surface area contributed by atoms with Crippen LogP contribution < -0.4 is 15.1 Å². The maximum absolute atomic E-state index is 14.5. The molecule has 1 fully saturated rings. The number of anilines is 1. The summed E-state index contributed by atoms with van der Waals surface area (Å²) >= 11 is 0. The quantitative estimate of drug-likeness (QED) is 0.287. The first kappa shape index (κ1) is 26.8. The Bertz CT molecular complexity index is 1690. The second kappa shape index (κ2) is 10.1. The van der Waals surface area contributed by atoms with E-state index in [1.54, 1.807) is 6.07 Å². The highest BCUT2D eigenvalue weighted by Crippen LogP contribution is 2.46. The molecule has 1 amide bonds. The summed E-state index contributed by atoms with van der Waals surface area (Å²) in [7, 11) is -4.40. The number of carbonyl (C=O) groups is 1. The fourth-order valence-corrected chi connectivity index (χ4v) is 5.50. The van der Waals surface area contributed by atoms with Crippen LogP contribution in [0.2, 0.25) is 0 Å². The fraction of sp³-hybridized carbons (Fsp3) is 0.231. The zero-order valence-electron chi connectivity index (χ0n) is 21.1. The van der Waals surface area contributed by atoms with Gasteiger partial charge in [0.25, 0.3) is 5.91 Å². The average Bonchev–Trinajstić information content (AvgIpc) is 3.66. The number of pyridine rings is 1. The Morgan fingerprint density at radius 3 is 2.41 bits per heavy atom. The van der Waals surface area contributed by atoms with E-state index in [1.807, 2.05) is 0 Å². The van der Waals surface area contributed by atoms with Crippen molar-refractivity contribution < 1.29 is 32.0 Å². The highest BCUT2D eigenvalue weighted by molar-refractivity contribution is 7.92. The van der Waals surface area contributed by atoms with Gasteiger partial charge in [0.15, 0.2) is 0 Å². The molecule has 1 aliphatic carbocycles. The Morgan fingerprint density at radius 1 is 1.15 bits per heavy atom. The number of halogens is 2. The van der Waals surface area contributed by atoms with Crippen LogP contribution in [-0.2, 0) is 16.6 Å². The molecule has 0 atom stereocenters. The lowest BCUT2D eigenvalue weighted by Crippen LogP contribution is -2.34. The van der Waals surface area contributed by atoms with Crippen molar-refractivity contribution in [2.75, 3.05) is 17.6 Å². The second-order valence-corrected chi connectivity index (χ2v) is 11.4. The molecule has 2 heterocycles. The third-order valence-electron chi connectivity index (χ3n) is 6.71. The van der Waals surface area contributed by atoms with Gasteiger partial charge in [0.05, 0.1) is 35.8 Å². The van der Waals surface area contributed by atoms with E-state index in [1.165, 1.54) is 54.2 Å². The van der Waals surface area contributed by atoms with Crippen molar-refractivity contribution in [3.8, 4) is 11.3 Å². The van der Waals surface area contributed by atoms with Crippen LogP contribution in [0.25, 0.3) is 16.8 Å². The summed E-state index contributed by atoms with van der Waals surface area (Å²) in [5, 5.41) is 25.8. The Balaban J connectivity index is 1.69. The highest BCUT2D eigenvalue weighted by atomic mass is 32.2. The number of nitrogens with one attached hydrogen (secondary N) is 1. The van der Waals surface area contributed by atoms with Gasteiger partial charge >= 0.3 is 7.12 Å². The van der Waals surface area contributed by atoms with Gasteiger partial charge in [0.1, 0.15) is 17.3 Å². The number of aromatic nitrogens is 2. The van der Waals surface area contributed by atoms with Crippen molar-refractivity contribution in [1.29, 1.82) is 0 Å². The molecular weight excluding hydrogens is 529 g/mol. The smallest absolute Gasteiger partial charge is 0.423 e. The van der Waals surface area contributed by atoms with Gasteiger partial charge in [-0.1, -0.05) is 12.1 Å². The fourth-order valence-electron chi connectivity index (χ4n) is 4.61. The zero-order chi connectivity index (χ0) is 28.1. The van der Waals surface area contributed by atoms with E-state index in [9.17, 15) is 32.0 Å². The van der Waals surface area contributed by atoms with Crippen LogP contribution in [0.5, 0.6) is 0 Å². The third-order valence-corrected chi connectivity index (χ3v) is 7.83. The SMILES string of the molecule is CNC(=O)c1c(-c2ccc(F)cc2)nn2cc(N(Cc3ccc(B(O)O)c(F)c3)S(C)(=O)=O)c(C3CC3)cc12. The summed E-state index contributed by atoms with van der Waals surface area (Å²) in [6, 6.07) is 11.0. The van der Waals surface area contributed by atoms with Crippen LogP contribution in [0.15, 0.2) is 54.7 Å². The Labute approximate surface area is 223 Å². The van der Waals surface area contributed by atoms with Crippen LogP contribution in [0, 0.1) is 11.6 Å². The van der Waals surface area contributed by atoms with Crippen molar-refractivity contribution >= 4 is 39.7 Å². The molecule has 0 radical (unpaired) electrons. The van der Waals surface area contributed by atoms with Gasteiger partial charge in [0, 0.05) is 18.1 Å². The van der Waals surface area contributed by atoms with Crippen LogP contribution in [0.1, 0.15) is 40.2 Å². The molecule has 0 aliphatic heterocycles. The molecule has 2 aromatic heterocycles. The zero-order valence-corrected chi connectivity index (χ0v) is 21.9. The minimum Gasteiger partial charge on any atom is -0.423 e. The first-order chi connectivity index (χ1) is 18.5. The van der Waals surface area contributed by atoms with Gasteiger partial charge in [-0.25, -0.2) is 21.7 Å². The average molecular weight is 554 g/mol. The molecule has 0 unspecified atom stereocenters. The summed E-state index contributed by atoms with van der Waals surface area (Å²) in [4.78, 5) is 13.0. The number of sulfonamides is 1. The van der Waals surface area contributed by atoms with Crippen LogP contribution in [0.3, 0.4) is 0 Å². The van der Waals surface area contributed by atoms with Crippen molar-refractivity contribution in [1.82, 2.24) is 14.9 Å². The van der Waals surface area contributed by atoms with E-state index in [2.05, 4.69) is 10.4 Å². The van der Waals surface area contributed by atoms with E-state index in [-0.39, 0.29) is 23.5 Å². The predicted molar refractivity (Wildman–Crippen MR) is 143 cm³/mol. The number of hydrogen-bond donors (Lipinski definition) is 3. The lowest BCUT2D eigenvalue weighted by molar-refractivity contribution is 0.0965. The van der Waals surface area contributed by atoms with Crippen LogP contribution >= 0.6 is 0 Å². The van der Waals surface area contributed by atoms with Crippen LogP contribution in [-0.4, -0.2) is 54.4 Å². The lowest BCUT2D eigenvalue weighted by Gasteiger charge is -2.25. The van der Waals surface area contributed by atoms with Gasteiger partial charge in [0.2, 0.25) is 10.0 Å². The highest BCUT2D eigenvalue weighted by Gasteiger charge is 2.33. The molecule has 202 valence electrons. The van der Waals surface area contributed by atoms with Crippen LogP contribution in [0.4, 0.5) is 14.5 Å².